The van der Waals surface area contributed by atoms with Crippen molar-refractivity contribution in [2.45, 2.75) is 19.3 Å². The van der Waals surface area contributed by atoms with Crippen LogP contribution in [0.3, 0.4) is 0 Å². The number of carboxylic acids is 2. The average molecular weight is 384 g/mol. The Hall–Kier alpha value is -2.77. The molecule has 2 aliphatic carbocycles. The van der Waals surface area contributed by atoms with Crippen LogP contribution in [0.2, 0.25) is 0 Å². The van der Waals surface area contributed by atoms with Crippen molar-refractivity contribution in [2.24, 2.45) is 0 Å². The van der Waals surface area contributed by atoms with Crippen molar-refractivity contribution < 1.29 is 19.8 Å². The lowest BCUT2D eigenvalue weighted by Gasteiger charge is -2.12. The minimum atomic E-state index is -1.26. The largest absolute Gasteiger partial charge is 0.478 e. The standard InChI is InChI=1S/C16H16N2S.C4H4O4/c1-2-6-13-12(5-1)9-14-16(13)18-15(19-14)8-11-4-3-7-17-10-11;5-3(6)1-2-4(7)8/h1-2,4-5,9,17H,3,6-8,10H2;1-2H,(H,5,6)(H,7,8). The van der Waals surface area contributed by atoms with E-state index in [9.17, 15) is 9.59 Å². The molecule has 0 aromatic carbocycles. The topological polar surface area (TPSA) is 99.5 Å². The molecule has 3 aliphatic rings. The molecule has 0 atom stereocenters. The van der Waals surface area contributed by atoms with Gasteiger partial charge >= 0.3 is 11.9 Å². The van der Waals surface area contributed by atoms with E-state index in [0.29, 0.717) is 12.2 Å². The van der Waals surface area contributed by atoms with E-state index in [1.165, 1.54) is 31.6 Å². The molecule has 0 saturated carbocycles. The molecule has 0 amide bonds. The monoisotopic (exact) mass is 384 g/mol. The first-order valence-electron chi connectivity index (χ1n) is 8.63. The predicted molar refractivity (Wildman–Crippen MR) is 105 cm³/mol. The summed E-state index contributed by atoms with van der Waals surface area (Å²) in [4.78, 5) is 24.0. The summed E-state index contributed by atoms with van der Waals surface area (Å²) in [6, 6.07) is 0. The highest BCUT2D eigenvalue weighted by atomic mass is 32.1. The fraction of sp³-hybridized carbons (Fsp3) is 0.250. The molecule has 4 rings (SSSR count). The molecular formula is C20H20N2O4S. The molecule has 1 aliphatic heterocycles. The van der Waals surface area contributed by atoms with Gasteiger partial charge in [-0.15, -0.1) is 11.3 Å². The Morgan fingerprint density at radius 3 is 2.70 bits per heavy atom. The molecule has 0 radical (unpaired) electrons. The highest BCUT2D eigenvalue weighted by Gasteiger charge is 2.16. The molecule has 0 saturated heterocycles. The lowest BCUT2D eigenvalue weighted by atomic mass is 10.0. The number of nitrogens with one attached hydrogen (secondary N) is 1. The van der Waals surface area contributed by atoms with E-state index in [-0.39, 0.29) is 0 Å². The smallest absolute Gasteiger partial charge is 0.328 e. The number of thiazole rings is 1. The third-order valence-corrected chi connectivity index (χ3v) is 5.21. The Morgan fingerprint density at radius 1 is 1.26 bits per heavy atom. The van der Waals surface area contributed by atoms with Crippen molar-refractivity contribution in [1.29, 1.82) is 0 Å². The van der Waals surface area contributed by atoms with Crippen LogP contribution >= 0.6 is 11.3 Å². The van der Waals surface area contributed by atoms with Crippen LogP contribution < -0.4 is 15.2 Å². The van der Waals surface area contributed by atoms with Crippen LogP contribution in [0.25, 0.3) is 11.6 Å². The highest BCUT2D eigenvalue weighted by Crippen LogP contribution is 2.23. The molecule has 140 valence electrons. The van der Waals surface area contributed by atoms with Crippen LogP contribution in [-0.2, 0) is 16.0 Å². The summed E-state index contributed by atoms with van der Waals surface area (Å²) in [7, 11) is 0. The fourth-order valence-corrected chi connectivity index (χ4v) is 4.12. The van der Waals surface area contributed by atoms with E-state index >= 15 is 0 Å². The quantitative estimate of drug-likeness (QED) is 0.532. The number of aromatic nitrogens is 1. The SMILES string of the molecule is C1=CCC2=c3nc(CC4=CCCNC4)sc3=CC2=C1.O=C(O)C=CC(=O)O. The Balaban J connectivity index is 0.000000226. The molecule has 6 nitrogen and oxygen atoms in total. The van der Waals surface area contributed by atoms with Crippen molar-refractivity contribution in [1.82, 2.24) is 10.3 Å². The summed E-state index contributed by atoms with van der Waals surface area (Å²) in [5.74, 6) is -2.51. The molecule has 3 N–H and O–H groups in total. The Morgan fingerprint density at radius 2 is 2.04 bits per heavy atom. The highest BCUT2D eigenvalue weighted by molar-refractivity contribution is 7.09. The van der Waals surface area contributed by atoms with Gasteiger partial charge in [-0.3, -0.25) is 0 Å². The second-order valence-corrected chi connectivity index (χ2v) is 7.33. The number of rotatable bonds is 4. The second-order valence-electron chi connectivity index (χ2n) is 6.21. The molecule has 0 bridgehead atoms. The van der Waals surface area contributed by atoms with Gasteiger partial charge in [-0.05, 0) is 36.6 Å². The zero-order chi connectivity index (χ0) is 19.2. The van der Waals surface area contributed by atoms with Crippen LogP contribution in [0.1, 0.15) is 17.8 Å². The van der Waals surface area contributed by atoms with Gasteiger partial charge in [0.05, 0.1) is 14.9 Å². The number of carbonyl (C=O) groups is 2. The molecule has 27 heavy (non-hydrogen) atoms. The van der Waals surface area contributed by atoms with Gasteiger partial charge in [-0.1, -0.05) is 29.9 Å². The molecular weight excluding hydrogens is 364 g/mol. The molecule has 0 unspecified atom stereocenters. The van der Waals surface area contributed by atoms with E-state index in [2.05, 4.69) is 35.7 Å². The van der Waals surface area contributed by atoms with Gasteiger partial charge in [0.1, 0.15) is 0 Å². The molecule has 2 heterocycles. The summed E-state index contributed by atoms with van der Waals surface area (Å²) in [6.07, 6.45) is 15.5. The minimum Gasteiger partial charge on any atom is -0.478 e. The summed E-state index contributed by atoms with van der Waals surface area (Å²) in [5.41, 5.74) is 4.26. The Bertz CT molecular complexity index is 980. The van der Waals surface area contributed by atoms with Gasteiger partial charge in [0.2, 0.25) is 0 Å². The van der Waals surface area contributed by atoms with E-state index in [1.54, 1.807) is 0 Å². The van der Waals surface area contributed by atoms with Crippen LogP contribution in [0, 0.1) is 0 Å². The molecule has 1 aromatic heterocycles. The van der Waals surface area contributed by atoms with Crippen molar-refractivity contribution in [3.63, 3.8) is 0 Å². The maximum Gasteiger partial charge on any atom is 0.328 e. The zero-order valence-corrected chi connectivity index (χ0v) is 15.5. The third kappa shape index (κ3) is 5.12. The zero-order valence-electron chi connectivity index (χ0n) is 14.6. The van der Waals surface area contributed by atoms with Crippen LogP contribution in [-0.4, -0.2) is 40.2 Å². The maximum absolute atomic E-state index is 9.55. The second kappa shape index (κ2) is 8.75. The summed E-state index contributed by atoms with van der Waals surface area (Å²) in [6.45, 7) is 2.14. The van der Waals surface area contributed by atoms with E-state index < -0.39 is 11.9 Å². The first-order chi connectivity index (χ1) is 13.0. The lowest BCUT2D eigenvalue weighted by molar-refractivity contribution is -0.134. The fourth-order valence-electron chi connectivity index (χ4n) is 3.02. The van der Waals surface area contributed by atoms with E-state index in [1.807, 2.05) is 11.3 Å². The number of aliphatic carboxylic acids is 2. The van der Waals surface area contributed by atoms with Gasteiger partial charge in [0, 0.05) is 25.1 Å². The van der Waals surface area contributed by atoms with Gasteiger partial charge in [0.25, 0.3) is 0 Å². The van der Waals surface area contributed by atoms with Crippen molar-refractivity contribution in [3.05, 3.63) is 62.5 Å². The Kier molecular flexibility index (Phi) is 6.16. The van der Waals surface area contributed by atoms with Gasteiger partial charge < -0.3 is 15.5 Å². The van der Waals surface area contributed by atoms with Gasteiger partial charge in [0.15, 0.2) is 0 Å². The maximum atomic E-state index is 9.55. The van der Waals surface area contributed by atoms with Crippen LogP contribution in [0.15, 0.2) is 47.6 Å². The molecule has 0 fully saturated rings. The van der Waals surface area contributed by atoms with Gasteiger partial charge in [-0.2, -0.15) is 0 Å². The van der Waals surface area contributed by atoms with Crippen LogP contribution in [0.5, 0.6) is 0 Å². The van der Waals surface area contributed by atoms with Crippen LogP contribution in [0.4, 0.5) is 0 Å². The van der Waals surface area contributed by atoms with Gasteiger partial charge in [-0.25, -0.2) is 14.6 Å². The molecule has 7 heteroatoms. The number of carboxylic acid groups (broad SMARTS) is 2. The first kappa shape index (κ1) is 19.0. The number of allylic oxidation sites excluding steroid dienone is 4. The average Bonchev–Trinajstić information content (AvgIpc) is 3.18. The predicted octanol–water partition coefficient (Wildman–Crippen LogP) is 1.15. The number of nitrogens with zero attached hydrogens (tertiary/aromatic N) is 1. The first-order valence-corrected chi connectivity index (χ1v) is 9.45. The normalized spacial score (nSPS) is 17.3. The number of hydrogen-bond acceptors (Lipinski definition) is 5. The third-order valence-electron chi connectivity index (χ3n) is 4.21. The number of hydrogen-bond donors (Lipinski definition) is 3. The summed E-state index contributed by atoms with van der Waals surface area (Å²) >= 11 is 1.86. The van der Waals surface area contributed by atoms with Crippen molar-refractivity contribution in [3.8, 4) is 0 Å². The lowest BCUT2D eigenvalue weighted by Crippen LogP contribution is -2.23. The molecule has 1 aromatic rings. The number of fused-ring (bicyclic) bond motifs is 2. The van der Waals surface area contributed by atoms with E-state index in [4.69, 9.17) is 15.2 Å². The Labute approximate surface area is 160 Å². The minimum absolute atomic E-state index is 0.558. The van der Waals surface area contributed by atoms with Crippen molar-refractivity contribution in [2.75, 3.05) is 13.1 Å². The summed E-state index contributed by atoms with van der Waals surface area (Å²) < 4.78 is 1.35. The summed E-state index contributed by atoms with van der Waals surface area (Å²) in [5, 5.41) is 21.5. The van der Waals surface area contributed by atoms with Crippen molar-refractivity contribution >= 4 is 34.9 Å². The van der Waals surface area contributed by atoms with E-state index in [0.717, 1.165) is 32.4 Å². The molecule has 0 spiro atoms.